The van der Waals surface area contributed by atoms with Crippen molar-refractivity contribution in [3.05, 3.63) is 53.1 Å². The van der Waals surface area contributed by atoms with E-state index >= 15 is 0 Å². The standard InChI is InChI=1S/C12H7ClFNO/c13-10-1-2-12(14)11(4-10)9-3-8(7-16)5-15-6-9/h1-7H. The Hall–Kier alpha value is -1.74. The number of halogens is 2. The van der Waals surface area contributed by atoms with E-state index in [0.717, 1.165) is 0 Å². The molecule has 0 saturated heterocycles. The monoisotopic (exact) mass is 235 g/mol. The molecule has 1 heterocycles. The van der Waals surface area contributed by atoms with E-state index < -0.39 is 5.82 Å². The van der Waals surface area contributed by atoms with Crippen molar-refractivity contribution in [1.29, 1.82) is 0 Å². The predicted octanol–water partition coefficient (Wildman–Crippen LogP) is 3.35. The fourth-order valence-corrected chi connectivity index (χ4v) is 1.56. The number of rotatable bonds is 2. The zero-order valence-corrected chi connectivity index (χ0v) is 8.91. The molecule has 1 aromatic carbocycles. The quantitative estimate of drug-likeness (QED) is 0.747. The number of pyridine rings is 1. The number of carbonyl (C=O) groups is 1. The second-order valence-corrected chi connectivity index (χ2v) is 3.69. The van der Waals surface area contributed by atoms with Crippen molar-refractivity contribution in [2.75, 3.05) is 0 Å². The third-order valence-corrected chi connectivity index (χ3v) is 2.37. The van der Waals surface area contributed by atoms with Gasteiger partial charge in [0.1, 0.15) is 5.82 Å². The van der Waals surface area contributed by atoms with Gasteiger partial charge in [-0.1, -0.05) is 11.6 Å². The zero-order valence-electron chi connectivity index (χ0n) is 8.15. The van der Waals surface area contributed by atoms with Crippen LogP contribution < -0.4 is 0 Å². The Labute approximate surface area is 96.7 Å². The molecule has 0 atom stereocenters. The highest BCUT2D eigenvalue weighted by molar-refractivity contribution is 6.30. The molecule has 2 aromatic rings. The molecule has 2 nitrogen and oxygen atoms in total. The van der Waals surface area contributed by atoms with E-state index in [1.54, 1.807) is 6.07 Å². The van der Waals surface area contributed by atoms with Crippen LogP contribution in [0.5, 0.6) is 0 Å². The van der Waals surface area contributed by atoms with Gasteiger partial charge in [0.2, 0.25) is 0 Å². The van der Waals surface area contributed by atoms with Crippen molar-refractivity contribution in [2.24, 2.45) is 0 Å². The molecule has 0 N–H and O–H groups in total. The van der Waals surface area contributed by atoms with Crippen molar-refractivity contribution in [2.45, 2.75) is 0 Å². The molecule has 0 spiro atoms. The van der Waals surface area contributed by atoms with Crippen LogP contribution >= 0.6 is 11.6 Å². The molecule has 4 heteroatoms. The molecule has 0 saturated carbocycles. The molecule has 80 valence electrons. The Kier molecular flexibility index (Phi) is 2.97. The molecular weight excluding hydrogens is 229 g/mol. The molecule has 0 bridgehead atoms. The summed E-state index contributed by atoms with van der Waals surface area (Å²) in [6, 6.07) is 5.82. The first-order valence-corrected chi connectivity index (χ1v) is 4.94. The Morgan fingerprint density at radius 2 is 2.06 bits per heavy atom. The van der Waals surface area contributed by atoms with Gasteiger partial charge in [0.25, 0.3) is 0 Å². The van der Waals surface area contributed by atoms with Gasteiger partial charge in [0, 0.05) is 34.1 Å². The SMILES string of the molecule is O=Cc1cncc(-c2cc(Cl)ccc2F)c1. The Bertz CT molecular complexity index is 542. The van der Waals surface area contributed by atoms with Gasteiger partial charge in [-0.2, -0.15) is 0 Å². The first-order chi connectivity index (χ1) is 7.70. The molecule has 0 amide bonds. The lowest BCUT2D eigenvalue weighted by Crippen LogP contribution is -1.88. The van der Waals surface area contributed by atoms with Crippen LogP contribution in [-0.2, 0) is 0 Å². The zero-order chi connectivity index (χ0) is 11.5. The highest BCUT2D eigenvalue weighted by Gasteiger charge is 2.06. The number of nitrogens with zero attached hydrogens (tertiary/aromatic N) is 1. The van der Waals surface area contributed by atoms with Crippen LogP contribution in [0.1, 0.15) is 10.4 Å². The fraction of sp³-hybridized carbons (Fsp3) is 0. The van der Waals surface area contributed by atoms with Crippen molar-refractivity contribution in [1.82, 2.24) is 4.98 Å². The summed E-state index contributed by atoms with van der Waals surface area (Å²) in [5, 5.41) is 0.438. The summed E-state index contributed by atoms with van der Waals surface area (Å²) in [5.41, 5.74) is 1.27. The van der Waals surface area contributed by atoms with Crippen molar-refractivity contribution >= 4 is 17.9 Å². The van der Waals surface area contributed by atoms with E-state index in [9.17, 15) is 9.18 Å². The molecule has 1 aromatic heterocycles. The summed E-state index contributed by atoms with van der Waals surface area (Å²) in [6.07, 6.45) is 3.57. The maximum Gasteiger partial charge on any atom is 0.151 e. The van der Waals surface area contributed by atoms with Gasteiger partial charge in [-0.25, -0.2) is 4.39 Å². The number of aromatic nitrogens is 1. The fourth-order valence-electron chi connectivity index (χ4n) is 1.39. The normalized spacial score (nSPS) is 10.1. The second kappa shape index (κ2) is 4.41. The molecule has 0 aliphatic heterocycles. The van der Waals surface area contributed by atoms with Gasteiger partial charge in [-0.3, -0.25) is 9.78 Å². The lowest BCUT2D eigenvalue weighted by atomic mass is 10.1. The van der Waals surface area contributed by atoms with Crippen LogP contribution in [0.2, 0.25) is 5.02 Å². The Balaban J connectivity index is 2.57. The predicted molar refractivity (Wildman–Crippen MR) is 60.0 cm³/mol. The van der Waals surface area contributed by atoms with Gasteiger partial charge in [0.15, 0.2) is 6.29 Å². The van der Waals surface area contributed by atoms with Gasteiger partial charge < -0.3 is 0 Å². The number of benzene rings is 1. The molecule has 0 fully saturated rings. The van der Waals surface area contributed by atoms with Crippen molar-refractivity contribution in [3.8, 4) is 11.1 Å². The molecule has 0 unspecified atom stereocenters. The smallest absolute Gasteiger partial charge is 0.151 e. The third kappa shape index (κ3) is 2.09. The molecule has 0 aliphatic carbocycles. The second-order valence-electron chi connectivity index (χ2n) is 3.25. The van der Waals surface area contributed by atoms with E-state index in [4.69, 9.17) is 11.6 Å². The van der Waals surface area contributed by atoms with E-state index in [0.29, 0.717) is 28.0 Å². The van der Waals surface area contributed by atoms with E-state index in [-0.39, 0.29) is 0 Å². The summed E-state index contributed by atoms with van der Waals surface area (Å²) < 4.78 is 13.5. The summed E-state index contributed by atoms with van der Waals surface area (Å²) in [6.45, 7) is 0. The number of hydrogen-bond acceptors (Lipinski definition) is 2. The first kappa shape index (κ1) is 10.8. The molecule has 0 aliphatic rings. The summed E-state index contributed by atoms with van der Waals surface area (Å²) in [7, 11) is 0. The van der Waals surface area contributed by atoms with Crippen LogP contribution in [0.4, 0.5) is 4.39 Å². The van der Waals surface area contributed by atoms with E-state index in [1.807, 2.05) is 0 Å². The van der Waals surface area contributed by atoms with Gasteiger partial charge in [-0.15, -0.1) is 0 Å². The maximum absolute atomic E-state index is 13.5. The molecule has 16 heavy (non-hydrogen) atoms. The number of hydrogen-bond donors (Lipinski definition) is 0. The minimum atomic E-state index is -0.394. The summed E-state index contributed by atoms with van der Waals surface area (Å²) in [4.78, 5) is 14.4. The van der Waals surface area contributed by atoms with Crippen LogP contribution in [-0.4, -0.2) is 11.3 Å². The van der Waals surface area contributed by atoms with Gasteiger partial charge in [-0.05, 0) is 24.3 Å². The maximum atomic E-state index is 13.5. The molecule has 0 radical (unpaired) electrons. The lowest BCUT2D eigenvalue weighted by molar-refractivity contribution is 0.112. The summed E-state index contributed by atoms with van der Waals surface area (Å²) in [5.74, 6) is -0.394. The van der Waals surface area contributed by atoms with Crippen LogP contribution in [0.15, 0.2) is 36.7 Å². The number of carbonyl (C=O) groups excluding carboxylic acids is 1. The third-order valence-electron chi connectivity index (χ3n) is 2.13. The minimum Gasteiger partial charge on any atom is -0.298 e. The highest BCUT2D eigenvalue weighted by Crippen LogP contribution is 2.25. The van der Waals surface area contributed by atoms with Crippen LogP contribution in [0.25, 0.3) is 11.1 Å². The Morgan fingerprint density at radius 3 is 2.81 bits per heavy atom. The topological polar surface area (TPSA) is 30.0 Å². The largest absolute Gasteiger partial charge is 0.298 e. The summed E-state index contributed by atoms with van der Waals surface area (Å²) >= 11 is 5.78. The average Bonchev–Trinajstić information content (AvgIpc) is 2.32. The Morgan fingerprint density at radius 1 is 1.25 bits per heavy atom. The first-order valence-electron chi connectivity index (χ1n) is 4.56. The minimum absolute atomic E-state index is 0.337. The van der Waals surface area contributed by atoms with Crippen LogP contribution in [0.3, 0.4) is 0 Å². The highest BCUT2D eigenvalue weighted by atomic mass is 35.5. The number of aldehydes is 1. The average molecular weight is 236 g/mol. The molecule has 2 rings (SSSR count). The van der Waals surface area contributed by atoms with E-state index in [2.05, 4.69) is 4.98 Å². The lowest BCUT2D eigenvalue weighted by Gasteiger charge is -2.04. The van der Waals surface area contributed by atoms with Gasteiger partial charge >= 0.3 is 0 Å². The van der Waals surface area contributed by atoms with Crippen LogP contribution in [0, 0.1) is 5.82 Å². The van der Waals surface area contributed by atoms with Gasteiger partial charge in [0.05, 0.1) is 0 Å². The van der Waals surface area contributed by atoms with Crippen molar-refractivity contribution in [3.63, 3.8) is 0 Å². The molecular formula is C12H7ClFNO. The van der Waals surface area contributed by atoms with Crippen molar-refractivity contribution < 1.29 is 9.18 Å². The van der Waals surface area contributed by atoms with E-state index in [1.165, 1.54) is 30.6 Å².